The first-order valence-corrected chi connectivity index (χ1v) is 4.98. The molecule has 0 aromatic heterocycles. The van der Waals surface area contributed by atoms with E-state index in [9.17, 15) is 4.79 Å². The van der Waals surface area contributed by atoms with E-state index in [2.05, 4.69) is 19.0 Å². The second-order valence-electron chi connectivity index (χ2n) is 4.08. The van der Waals surface area contributed by atoms with Crippen molar-refractivity contribution in [1.29, 1.82) is 0 Å². The molecule has 0 amide bonds. The first-order chi connectivity index (χ1) is 6.49. The van der Waals surface area contributed by atoms with Crippen LogP contribution in [0.25, 0.3) is 0 Å². The number of nitrogens with zero attached hydrogens (tertiary/aromatic N) is 1. The van der Waals surface area contributed by atoms with Gasteiger partial charge in [-0.05, 0) is 19.3 Å². The van der Waals surface area contributed by atoms with Crippen molar-refractivity contribution in [2.24, 2.45) is 11.1 Å². The van der Waals surface area contributed by atoms with E-state index in [1.807, 2.05) is 0 Å². The summed E-state index contributed by atoms with van der Waals surface area (Å²) in [6.07, 6.45) is 2.51. The van der Waals surface area contributed by atoms with Gasteiger partial charge >= 0.3 is 5.97 Å². The van der Waals surface area contributed by atoms with Gasteiger partial charge in [-0.1, -0.05) is 25.4 Å². The zero-order valence-corrected chi connectivity index (χ0v) is 8.91. The van der Waals surface area contributed by atoms with Crippen molar-refractivity contribution in [2.75, 3.05) is 0 Å². The molecule has 0 bridgehead atoms. The molecule has 2 unspecified atom stereocenters. The van der Waals surface area contributed by atoms with E-state index in [-0.39, 0.29) is 0 Å². The lowest BCUT2D eigenvalue weighted by atomic mass is 9.91. The number of carboxylic acids is 1. The van der Waals surface area contributed by atoms with Crippen molar-refractivity contribution in [2.45, 2.75) is 45.6 Å². The van der Waals surface area contributed by atoms with Crippen LogP contribution in [-0.2, 0) is 9.63 Å². The summed E-state index contributed by atoms with van der Waals surface area (Å²) in [4.78, 5) is 15.8. The molecule has 80 valence electrons. The Morgan fingerprint density at radius 2 is 2.43 bits per heavy atom. The van der Waals surface area contributed by atoms with Gasteiger partial charge in [-0.25, -0.2) is 4.79 Å². The van der Waals surface area contributed by atoms with Gasteiger partial charge in [-0.3, -0.25) is 0 Å². The van der Waals surface area contributed by atoms with E-state index in [0.717, 1.165) is 18.6 Å². The minimum Gasteiger partial charge on any atom is -0.478 e. The van der Waals surface area contributed by atoms with Crippen LogP contribution in [0.1, 0.15) is 40.0 Å². The van der Waals surface area contributed by atoms with Crippen molar-refractivity contribution in [1.82, 2.24) is 0 Å². The molecule has 0 radical (unpaired) electrons. The Morgan fingerprint density at radius 1 is 1.79 bits per heavy atom. The number of hydrogen-bond acceptors (Lipinski definition) is 3. The third-order valence-corrected chi connectivity index (χ3v) is 2.63. The Hall–Kier alpha value is -1.06. The molecule has 4 nitrogen and oxygen atoms in total. The largest absolute Gasteiger partial charge is 0.478 e. The predicted molar refractivity (Wildman–Crippen MR) is 53.2 cm³/mol. The van der Waals surface area contributed by atoms with Gasteiger partial charge < -0.3 is 9.94 Å². The minimum absolute atomic E-state index is 0.321. The number of hydrogen-bond donors (Lipinski definition) is 1. The highest BCUT2D eigenvalue weighted by Crippen LogP contribution is 2.28. The van der Waals surface area contributed by atoms with Gasteiger partial charge in [0.05, 0.1) is 5.71 Å². The van der Waals surface area contributed by atoms with Crippen LogP contribution in [-0.4, -0.2) is 22.4 Å². The summed E-state index contributed by atoms with van der Waals surface area (Å²) >= 11 is 0. The fourth-order valence-electron chi connectivity index (χ4n) is 1.55. The van der Waals surface area contributed by atoms with Gasteiger partial charge in [-0.15, -0.1) is 0 Å². The molecule has 1 N–H and O–H groups in total. The standard InChI is InChI=1S/C10H17NO3/c1-4-5-7(2)8-6-10(3,9(12)13)14-11-8/h7H,4-6H2,1-3H3,(H,12,13). The van der Waals surface area contributed by atoms with Crippen LogP contribution in [0.3, 0.4) is 0 Å². The van der Waals surface area contributed by atoms with Gasteiger partial charge in [0.25, 0.3) is 0 Å². The van der Waals surface area contributed by atoms with E-state index >= 15 is 0 Å². The zero-order chi connectivity index (χ0) is 10.8. The molecule has 0 aliphatic carbocycles. The second kappa shape index (κ2) is 3.98. The number of carboxylic acid groups (broad SMARTS) is 1. The zero-order valence-electron chi connectivity index (χ0n) is 8.91. The second-order valence-corrected chi connectivity index (χ2v) is 4.08. The van der Waals surface area contributed by atoms with E-state index in [1.54, 1.807) is 6.92 Å². The highest BCUT2D eigenvalue weighted by Gasteiger charge is 2.42. The first-order valence-electron chi connectivity index (χ1n) is 4.98. The SMILES string of the molecule is CCCC(C)C1=NOC(C)(C(=O)O)C1. The first kappa shape index (κ1) is 11.0. The summed E-state index contributed by atoms with van der Waals surface area (Å²) in [7, 11) is 0. The Labute approximate surface area is 83.9 Å². The molecule has 0 aromatic rings. The highest BCUT2D eigenvalue weighted by molar-refractivity contribution is 5.94. The average molecular weight is 199 g/mol. The highest BCUT2D eigenvalue weighted by atomic mass is 16.7. The molecule has 1 aliphatic heterocycles. The smallest absolute Gasteiger partial charge is 0.351 e. The van der Waals surface area contributed by atoms with Crippen LogP contribution in [0.15, 0.2) is 5.16 Å². The maximum Gasteiger partial charge on any atom is 0.351 e. The van der Waals surface area contributed by atoms with Gasteiger partial charge in [0.15, 0.2) is 0 Å². The van der Waals surface area contributed by atoms with E-state index < -0.39 is 11.6 Å². The maximum absolute atomic E-state index is 10.9. The number of rotatable bonds is 4. The molecule has 1 rings (SSSR count). The lowest BCUT2D eigenvalue weighted by Crippen LogP contribution is -2.35. The molecule has 0 spiro atoms. The van der Waals surface area contributed by atoms with Crippen molar-refractivity contribution in [3.63, 3.8) is 0 Å². The Kier molecular flexibility index (Phi) is 3.13. The molecule has 0 fully saturated rings. The molecule has 0 aromatic carbocycles. The number of aliphatic carboxylic acids is 1. The summed E-state index contributed by atoms with van der Waals surface area (Å²) in [5.74, 6) is -0.624. The lowest BCUT2D eigenvalue weighted by Gasteiger charge is -2.15. The molecular formula is C10H17NO3. The fourth-order valence-corrected chi connectivity index (χ4v) is 1.55. The quantitative estimate of drug-likeness (QED) is 0.753. The van der Waals surface area contributed by atoms with Gasteiger partial charge in [0.1, 0.15) is 0 Å². The van der Waals surface area contributed by atoms with Crippen molar-refractivity contribution >= 4 is 11.7 Å². The van der Waals surface area contributed by atoms with E-state index in [1.165, 1.54) is 0 Å². The normalized spacial score (nSPS) is 28.1. The lowest BCUT2D eigenvalue weighted by molar-refractivity contribution is -0.160. The number of oxime groups is 1. The summed E-state index contributed by atoms with van der Waals surface area (Å²) < 4.78 is 0. The van der Waals surface area contributed by atoms with Crippen LogP contribution in [0.5, 0.6) is 0 Å². The van der Waals surface area contributed by atoms with Crippen LogP contribution < -0.4 is 0 Å². The number of carbonyl (C=O) groups is 1. The summed E-state index contributed by atoms with van der Waals surface area (Å²) in [5.41, 5.74) is -0.270. The monoisotopic (exact) mass is 199 g/mol. The Bertz CT molecular complexity index is 262. The molecule has 1 aliphatic rings. The molecule has 14 heavy (non-hydrogen) atoms. The van der Waals surface area contributed by atoms with E-state index in [0.29, 0.717) is 12.3 Å². The predicted octanol–water partition coefficient (Wildman–Crippen LogP) is 2.04. The third kappa shape index (κ3) is 2.05. The molecule has 0 saturated carbocycles. The average Bonchev–Trinajstić information content (AvgIpc) is 2.50. The fraction of sp³-hybridized carbons (Fsp3) is 0.800. The van der Waals surface area contributed by atoms with Crippen LogP contribution in [0.4, 0.5) is 0 Å². The molecule has 1 heterocycles. The van der Waals surface area contributed by atoms with E-state index in [4.69, 9.17) is 9.94 Å². The molecular weight excluding hydrogens is 182 g/mol. The summed E-state index contributed by atoms with van der Waals surface area (Å²) in [5, 5.41) is 12.8. The van der Waals surface area contributed by atoms with Gasteiger partial charge in [-0.2, -0.15) is 0 Å². The maximum atomic E-state index is 10.9. The van der Waals surface area contributed by atoms with Crippen molar-refractivity contribution in [3.05, 3.63) is 0 Å². The molecule has 0 saturated heterocycles. The molecule has 2 atom stereocenters. The van der Waals surface area contributed by atoms with Crippen molar-refractivity contribution in [3.8, 4) is 0 Å². The third-order valence-electron chi connectivity index (χ3n) is 2.63. The van der Waals surface area contributed by atoms with Crippen LogP contribution in [0.2, 0.25) is 0 Å². The molecule has 4 heteroatoms. The summed E-state index contributed by atoms with van der Waals surface area (Å²) in [6.45, 7) is 5.72. The summed E-state index contributed by atoms with van der Waals surface area (Å²) in [6, 6.07) is 0. The van der Waals surface area contributed by atoms with Crippen molar-refractivity contribution < 1.29 is 14.7 Å². The minimum atomic E-state index is -1.14. The Morgan fingerprint density at radius 3 is 2.86 bits per heavy atom. The Balaban J connectivity index is 2.59. The van der Waals surface area contributed by atoms with Crippen LogP contribution >= 0.6 is 0 Å². The van der Waals surface area contributed by atoms with Crippen LogP contribution in [0, 0.1) is 5.92 Å². The topological polar surface area (TPSA) is 58.9 Å². The van der Waals surface area contributed by atoms with Gasteiger partial charge in [0.2, 0.25) is 5.60 Å². The van der Waals surface area contributed by atoms with Gasteiger partial charge in [0, 0.05) is 6.42 Å².